The van der Waals surface area contributed by atoms with E-state index in [9.17, 15) is 8.78 Å². The molecule has 0 aromatic heterocycles. The summed E-state index contributed by atoms with van der Waals surface area (Å²) < 4.78 is 37.4. The first-order valence-electron chi connectivity index (χ1n) is 6.94. The zero-order valence-electron chi connectivity index (χ0n) is 12.8. The Morgan fingerprint density at radius 2 is 1.82 bits per heavy atom. The Bertz CT molecular complexity index is 647. The summed E-state index contributed by atoms with van der Waals surface area (Å²) in [5, 5.41) is 3.17. The number of halogens is 2. The van der Waals surface area contributed by atoms with Crippen LogP contribution in [0.3, 0.4) is 0 Å². The van der Waals surface area contributed by atoms with E-state index in [0.29, 0.717) is 11.5 Å². The molecule has 3 nitrogen and oxygen atoms in total. The Morgan fingerprint density at radius 3 is 2.50 bits per heavy atom. The van der Waals surface area contributed by atoms with Crippen molar-refractivity contribution < 1.29 is 18.3 Å². The van der Waals surface area contributed by atoms with Crippen LogP contribution in [0.5, 0.6) is 11.5 Å². The normalized spacial score (nSPS) is 12.0. The molecule has 0 aliphatic carbocycles. The monoisotopic (exact) mass is 307 g/mol. The zero-order chi connectivity index (χ0) is 16.1. The van der Waals surface area contributed by atoms with Crippen LogP contribution in [0.1, 0.15) is 24.1 Å². The van der Waals surface area contributed by atoms with Crippen molar-refractivity contribution in [2.24, 2.45) is 0 Å². The first-order valence-corrected chi connectivity index (χ1v) is 6.94. The lowest BCUT2D eigenvalue weighted by molar-refractivity contribution is 0.391. The SMILES string of the molecule is COc1ccc(OC)c(C(C)NCc2cc(F)ccc2F)c1. The van der Waals surface area contributed by atoms with Crippen molar-refractivity contribution in [2.45, 2.75) is 19.5 Å². The van der Waals surface area contributed by atoms with E-state index >= 15 is 0 Å². The third-order valence-corrected chi connectivity index (χ3v) is 3.51. The highest BCUT2D eigenvalue weighted by Gasteiger charge is 2.13. The van der Waals surface area contributed by atoms with E-state index in [1.54, 1.807) is 20.3 Å². The van der Waals surface area contributed by atoms with Crippen LogP contribution in [-0.4, -0.2) is 14.2 Å². The van der Waals surface area contributed by atoms with Crippen molar-refractivity contribution in [2.75, 3.05) is 14.2 Å². The van der Waals surface area contributed by atoms with Gasteiger partial charge in [-0.15, -0.1) is 0 Å². The summed E-state index contributed by atoms with van der Waals surface area (Å²) in [6, 6.07) is 8.79. The molecule has 0 heterocycles. The van der Waals surface area contributed by atoms with Gasteiger partial charge in [0.15, 0.2) is 0 Å². The largest absolute Gasteiger partial charge is 0.497 e. The second kappa shape index (κ2) is 7.22. The molecule has 118 valence electrons. The van der Waals surface area contributed by atoms with Crippen LogP contribution in [0, 0.1) is 11.6 Å². The van der Waals surface area contributed by atoms with Gasteiger partial charge in [-0.1, -0.05) is 0 Å². The highest BCUT2D eigenvalue weighted by atomic mass is 19.1. The minimum atomic E-state index is -0.454. The third kappa shape index (κ3) is 3.74. The molecule has 1 N–H and O–H groups in total. The fourth-order valence-electron chi connectivity index (χ4n) is 2.23. The quantitative estimate of drug-likeness (QED) is 0.880. The van der Waals surface area contributed by atoms with Gasteiger partial charge < -0.3 is 14.8 Å². The van der Waals surface area contributed by atoms with Gasteiger partial charge in [0.05, 0.1) is 14.2 Å². The lowest BCUT2D eigenvalue weighted by Gasteiger charge is -2.18. The van der Waals surface area contributed by atoms with Gasteiger partial charge in [-0.3, -0.25) is 0 Å². The van der Waals surface area contributed by atoms with Gasteiger partial charge in [-0.25, -0.2) is 8.78 Å². The van der Waals surface area contributed by atoms with Crippen LogP contribution >= 0.6 is 0 Å². The summed E-state index contributed by atoms with van der Waals surface area (Å²) in [6.45, 7) is 2.14. The number of hydrogen-bond acceptors (Lipinski definition) is 3. The molecule has 22 heavy (non-hydrogen) atoms. The maximum Gasteiger partial charge on any atom is 0.127 e. The Hall–Kier alpha value is -2.14. The first kappa shape index (κ1) is 16.2. The van der Waals surface area contributed by atoms with Gasteiger partial charge in [0.25, 0.3) is 0 Å². The van der Waals surface area contributed by atoms with E-state index in [1.807, 2.05) is 19.1 Å². The maximum atomic E-state index is 13.6. The van der Waals surface area contributed by atoms with Gasteiger partial charge in [0.2, 0.25) is 0 Å². The van der Waals surface area contributed by atoms with Crippen LogP contribution in [0.4, 0.5) is 8.78 Å². The van der Waals surface area contributed by atoms with E-state index in [2.05, 4.69) is 5.32 Å². The molecular weight excluding hydrogens is 288 g/mol. The molecule has 0 radical (unpaired) electrons. The van der Waals surface area contributed by atoms with Gasteiger partial charge in [-0.2, -0.15) is 0 Å². The predicted molar refractivity (Wildman–Crippen MR) is 81.2 cm³/mol. The molecule has 0 aliphatic rings. The molecule has 5 heteroatoms. The number of methoxy groups -OCH3 is 2. The van der Waals surface area contributed by atoms with Gasteiger partial charge in [0.1, 0.15) is 23.1 Å². The summed E-state index contributed by atoms with van der Waals surface area (Å²) in [7, 11) is 3.18. The van der Waals surface area contributed by atoms with Crippen molar-refractivity contribution in [1.29, 1.82) is 0 Å². The van der Waals surface area contributed by atoms with Crippen LogP contribution in [0.2, 0.25) is 0 Å². The topological polar surface area (TPSA) is 30.5 Å². The number of rotatable bonds is 6. The minimum absolute atomic E-state index is 0.118. The fraction of sp³-hybridized carbons (Fsp3) is 0.294. The highest BCUT2D eigenvalue weighted by molar-refractivity contribution is 5.42. The minimum Gasteiger partial charge on any atom is -0.497 e. The molecule has 0 saturated heterocycles. The second-order valence-corrected chi connectivity index (χ2v) is 4.95. The molecule has 2 aromatic carbocycles. The summed E-state index contributed by atoms with van der Waals surface area (Å²) in [5.41, 5.74) is 1.17. The number of ether oxygens (including phenoxy) is 2. The smallest absolute Gasteiger partial charge is 0.127 e. The Morgan fingerprint density at radius 1 is 1.05 bits per heavy atom. The number of nitrogens with one attached hydrogen (secondary N) is 1. The van der Waals surface area contributed by atoms with Gasteiger partial charge in [-0.05, 0) is 43.3 Å². The lowest BCUT2D eigenvalue weighted by Crippen LogP contribution is -2.19. The van der Waals surface area contributed by atoms with Crippen molar-refractivity contribution >= 4 is 0 Å². The van der Waals surface area contributed by atoms with Crippen LogP contribution in [0.25, 0.3) is 0 Å². The van der Waals surface area contributed by atoms with Crippen molar-refractivity contribution in [1.82, 2.24) is 5.32 Å². The van der Waals surface area contributed by atoms with E-state index in [1.165, 1.54) is 6.07 Å². The fourth-order valence-corrected chi connectivity index (χ4v) is 2.23. The van der Waals surface area contributed by atoms with Gasteiger partial charge >= 0.3 is 0 Å². The molecule has 0 saturated carbocycles. The molecule has 0 amide bonds. The van der Waals surface area contributed by atoms with Crippen molar-refractivity contribution in [3.63, 3.8) is 0 Å². The van der Waals surface area contributed by atoms with E-state index < -0.39 is 11.6 Å². The molecule has 0 bridgehead atoms. The Labute approximate surface area is 128 Å². The van der Waals surface area contributed by atoms with Crippen molar-refractivity contribution in [3.8, 4) is 11.5 Å². The molecule has 0 spiro atoms. The summed E-state index contributed by atoms with van der Waals surface area (Å²) in [4.78, 5) is 0. The molecule has 0 aliphatic heterocycles. The zero-order valence-corrected chi connectivity index (χ0v) is 12.8. The van der Waals surface area contributed by atoms with Crippen molar-refractivity contribution in [3.05, 3.63) is 59.2 Å². The predicted octanol–water partition coefficient (Wildman–Crippen LogP) is 3.83. The first-order chi connectivity index (χ1) is 10.5. The van der Waals surface area contributed by atoms with Crippen LogP contribution in [0.15, 0.2) is 36.4 Å². The Balaban J connectivity index is 2.15. The second-order valence-electron chi connectivity index (χ2n) is 4.95. The Kier molecular flexibility index (Phi) is 5.33. The molecule has 2 rings (SSSR count). The molecular formula is C17H19F2NO2. The molecule has 1 atom stereocenters. The van der Waals surface area contributed by atoms with Gasteiger partial charge in [0, 0.05) is 23.7 Å². The van der Waals surface area contributed by atoms with Crippen LogP contribution in [-0.2, 0) is 6.54 Å². The molecule has 2 aromatic rings. The molecule has 1 unspecified atom stereocenters. The summed E-state index contributed by atoms with van der Waals surface area (Å²) in [6.07, 6.45) is 0. The average molecular weight is 307 g/mol. The number of hydrogen-bond donors (Lipinski definition) is 1. The summed E-state index contributed by atoms with van der Waals surface area (Å²) >= 11 is 0. The van der Waals surface area contributed by atoms with E-state index in [0.717, 1.165) is 17.7 Å². The average Bonchev–Trinajstić information content (AvgIpc) is 2.54. The number of benzene rings is 2. The standard InChI is InChI=1S/C17H19F2NO2/c1-11(15-9-14(21-2)5-7-17(15)22-3)20-10-12-8-13(18)4-6-16(12)19/h4-9,11,20H,10H2,1-3H3. The maximum absolute atomic E-state index is 13.6. The van der Waals surface area contributed by atoms with Crippen LogP contribution < -0.4 is 14.8 Å². The van der Waals surface area contributed by atoms with E-state index in [-0.39, 0.29) is 18.2 Å². The highest BCUT2D eigenvalue weighted by Crippen LogP contribution is 2.29. The van der Waals surface area contributed by atoms with E-state index in [4.69, 9.17) is 9.47 Å². The molecule has 0 fully saturated rings. The summed E-state index contributed by atoms with van der Waals surface area (Å²) in [5.74, 6) is 0.533. The third-order valence-electron chi connectivity index (χ3n) is 3.51. The lowest BCUT2D eigenvalue weighted by atomic mass is 10.1.